The van der Waals surface area contributed by atoms with Gasteiger partial charge in [-0.3, -0.25) is 0 Å². The number of aliphatic hydroxyl groups is 1. The van der Waals surface area contributed by atoms with Crippen molar-refractivity contribution in [3.05, 3.63) is 36.1 Å². The first kappa shape index (κ1) is 14.4. The molecule has 108 valence electrons. The van der Waals surface area contributed by atoms with Gasteiger partial charge in [-0.1, -0.05) is 31.5 Å². The van der Waals surface area contributed by atoms with Crippen LogP contribution in [-0.2, 0) is 6.54 Å². The molecule has 3 N–H and O–H groups in total. The molecule has 2 amide bonds. The third-order valence-corrected chi connectivity index (χ3v) is 3.02. The van der Waals surface area contributed by atoms with Crippen LogP contribution in [-0.4, -0.2) is 23.8 Å². The first-order valence-electron chi connectivity index (χ1n) is 6.86. The minimum Gasteiger partial charge on any atom is -0.459 e. The number of aliphatic hydroxyl groups excluding tert-OH is 1. The Morgan fingerprint density at radius 1 is 1.35 bits per heavy atom. The Balaban J connectivity index is 1.78. The molecular formula is C15H20N2O3. The van der Waals surface area contributed by atoms with Gasteiger partial charge in [0.2, 0.25) is 0 Å². The molecule has 0 spiro atoms. The summed E-state index contributed by atoms with van der Waals surface area (Å²) in [5.74, 6) is 0.704. The van der Waals surface area contributed by atoms with Crippen LogP contribution < -0.4 is 10.6 Å². The molecule has 2 aromatic rings. The lowest BCUT2D eigenvalue weighted by Gasteiger charge is -2.11. The summed E-state index contributed by atoms with van der Waals surface area (Å²) in [7, 11) is 0. The molecule has 1 aromatic carbocycles. The fraction of sp³-hybridized carbons (Fsp3) is 0.400. The smallest absolute Gasteiger partial charge is 0.315 e. The van der Waals surface area contributed by atoms with Crippen LogP contribution >= 0.6 is 0 Å². The highest BCUT2D eigenvalue weighted by Crippen LogP contribution is 2.18. The van der Waals surface area contributed by atoms with E-state index in [9.17, 15) is 9.90 Å². The van der Waals surface area contributed by atoms with Crippen molar-refractivity contribution in [2.75, 3.05) is 6.54 Å². The zero-order chi connectivity index (χ0) is 14.4. The number of furan rings is 1. The third kappa shape index (κ3) is 3.99. The van der Waals surface area contributed by atoms with E-state index in [1.807, 2.05) is 37.3 Å². The number of rotatable bonds is 6. The minimum atomic E-state index is -0.489. The van der Waals surface area contributed by atoms with Crippen LogP contribution in [0.1, 0.15) is 25.5 Å². The molecule has 1 unspecified atom stereocenters. The number of carbonyl (C=O) groups excluding carboxylic acids is 1. The van der Waals surface area contributed by atoms with Gasteiger partial charge in [0, 0.05) is 11.9 Å². The lowest BCUT2D eigenvalue weighted by molar-refractivity contribution is 0.160. The number of amides is 2. The maximum absolute atomic E-state index is 11.6. The zero-order valence-electron chi connectivity index (χ0n) is 11.6. The first-order valence-corrected chi connectivity index (χ1v) is 6.86. The molecule has 20 heavy (non-hydrogen) atoms. The Hall–Kier alpha value is -2.01. The van der Waals surface area contributed by atoms with Crippen molar-refractivity contribution < 1.29 is 14.3 Å². The molecule has 1 aromatic heterocycles. The fourth-order valence-electron chi connectivity index (χ4n) is 2.00. The average molecular weight is 276 g/mol. The number of benzene rings is 1. The lowest BCUT2D eigenvalue weighted by atomic mass is 10.2. The van der Waals surface area contributed by atoms with Crippen molar-refractivity contribution in [1.82, 2.24) is 10.6 Å². The van der Waals surface area contributed by atoms with Crippen molar-refractivity contribution in [1.29, 1.82) is 0 Å². The Labute approximate surface area is 118 Å². The summed E-state index contributed by atoms with van der Waals surface area (Å²) in [6.45, 7) is 2.58. The SMILES string of the molecule is CCCC(O)CNC(=O)NCc1cc2ccccc2o1. The van der Waals surface area contributed by atoms with Crippen molar-refractivity contribution in [3.8, 4) is 0 Å². The van der Waals surface area contributed by atoms with Crippen molar-refractivity contribution in [2.24, 2.45) is 0 Å². The summed E-state index contributed by atoms with van der Waals surface area (Å²) in [6, 6.07) is 9.30. The van der Waals surface area contributed by atoms with Crippen molar-refractivity contribution >= 4 is 17.0 Å². The second-order valence-corrected chi connectivity index (χ2v) is 4.76. The highest BCUT2D eigenvalue weighted by Gasteiger charge is 2.07. The van der Waals surface area contributed by atoms with Gasteiger partial charge in [-0.05, 0) is 18.6 Å². The molecule has 0 saturated carbocycles. The third-order valence-electron chi connectivity index (χ3n) is 3.02. The van der Waals surface area contributed by atoms with Gasteiger partial charge in [-0.2, -0.15) is 0 Å². The Morgan fingerprint density at radius 2 is 2.15 bits per heavy atom. The Kier molecular flexibility index (Phi) is 5.01. The topological polar surface area (TPSA) is 74.5 Å². The molecule has 0 aliphatic carbocycles. The Morgan fingerprint density at radius 3 is 2.90 bits per heavy atom. The molecule has 0 saturated heterocycles. The van der Waals surface area contributed by atoms with E-state index in [-0.39, 0.29) is 12.6 Å². The summed E-state index contributed by atoms with van der Waals surface area (Å²) in [6.07, 6.45) is 1.09. The number of hydrogen-bond acceptors (Lipinski definition) is 3. The normalized spacial score (nSPS) is 12.3. The highest BCUT2D eigenvalue weighted by atomic mass is 16.3. The van der Waals surface area contributed by atoms with Gasteiger partial charge in [-0.25, -0.2) is 4.79 Å². The number of carbonyl (C=O) groups is 1. The summed E-state index contributed by atoms with van der Waals surface area (Å²) in [5, 5.41) is 15.9. The first-order chi connectivity index (χ1) is 9.69. The van der Waals surface area contributed by atoms with E-state index in [1.165, 1.54) is 0 Å². The summed E-state index contributed by atoms with van der Waals surface area (Å²) in [5.41, 5.74) is 0.808. The maximum Gasteiger partial charge on any atom is 0.315 e. The van der Waals surface area contributed by atoms with Gasteiger partial charge in [0.15, 0.2) is 0 Å². The molecule has 0 fully saturated rings. The van der Waals surface area contributed by atoms with E-state index >= 15 is 0 Å². The molecular weight excluding hydrogens is 256 g/mol. The number of nitrogens with one attached hydrogen (secondary N) is 2. The van der Waals surface area contributed by atoms with Gasteiger partial charge < -0.3 is 20.2 Å². The predicted octanol–water partition coefficient (Wildman–Crippen LogP) is 2.39. The molecule has 2 rings (SSSR count). The summed E-state index contributed by atoms with van der Waals surface area (Å²) < 4.78 is 5.59. The van der Waals surface area contributed by atoms with Crippen LogP contribution in [0.3, 0.4) is 0 Å². The quantitative estimate of drug-likeness (QED) is 0.758. The molecule has 5 heteroatoms. The molecule has 1 heterocycles. The van der Waals surface area contributed by atoms with E-state index in [2.05, 4.69) is 10.6 Å². The second kappa shape index (κ2) is 6.96. The number of fused-ring (bicyclic) bond motifs is 1. The van der Waals surface area contributed by atoms with Crippen LogP contribution in [0.2, 0.25) is 0 Å². The highest BCUT2D eigenvalue weighted by molar-refractivity contribution is 5.78. The van der Waals surface area contributed by atoms with Crippen LogP contribution in [0, 0.1) is 0 Å². The monoisotopic (exact) mass is 276 g/mol. The number of hydrogen-bond donors (Lipinski definition) is 3. The second-order valence-electron chi connectivity index (χ2n) is 4.76. The average Bonchev–Trinajstić information content (AvgIpc) is 2.86. The number of urea groups is 1. The van der Waals surface area contributed by atoms with Gasteiger partial charge >= 0.3 is 6.03 Å². The van der Waals surface area contributed by atoms with Crippen LogP contribution in [0.5, 0.6) is 0 Å². The Bertz CT molecular complexity index is 532. The van der Waals surface area contributed by atoms with E-state index in [1.54, 1.807) is 0 Å². The number of para-hydroxylation sites is 1. The van der Waals surface area contributed by atoms with Gasteiger partial charge in [-0.15, -0.1) is 0 Å². The lowest BCUT2D eigenvalue weighted by Crippen LogP contribution is -2.39. The van der Waals surface area contributed by atoms with Crippen LogP contribution in [0.15, 0.2) is 34.7 Å². The molecule has 0 aliphatic heterocycles. The molecule has 1 atom stereocenters. The van der Waals surface area contributed by atoms with E-state index in [4.69, 9.17) is 4.42 Å². The standard InChI is InChI=1S/C15H20N2O3/c1-2-5-12(18)9-16-15(19)17-10-13-8-11-6-3-4-7-14(11)20-13/h3-4,6-8,12,18H,2,5,9-10H2,1H3,(H2,16,17,19). The predicted molar refractivity (Wildman–Crippen MR) is 77.4 cm³/mol. The van der Waals surface area contributed by atoms with Crippen molar-refractivity contribution in [2.45, 2.75) is 32.4 Å². The molecule has 0 aliphatic rings. The van der Waals surface area contributed by atoms with Crippen molar-refractivity contribution in [3.63, 3.8) is 0 Å². The maximum atomic E-state index is 11.6. The van der Waals surface area contributed by atoms with E-state index < -0.39 is 6.10 Å². The molecule has 5 nitrogen and oxygen atoms in total. The van der Waals surface area contributed by atoms with E-state index in [0.717, 1.165) is 17.4 Å². The van der Waals surface area contributed by atoms with E-state index in [0.29, 0.717) is 18.7 Å². The van der Waals surface area contributed by atoms with Gasteiger partial charge in [0.05, 0.1) is 12.6 Å². The van der Waals surface area contributed by atoms with Crippen LogP contribution in [0.4, 0.5) is 4.79 Å². The van der Waals surface area contributed by atoms with Crippen LogP contribution in [0.25, 0.3) is 11.0 Å². The molecule has 0 radical (unpaired) electrons. The molecule has 0 bridgehead atoms. The minimum absolute atomic E-state index is 0.264. The zero-order valence-corrected chi connectivity index (χ0v) is 11.6. The fourth-order valence-corrected chi connectivity index (χ4v) is 2.00. The van der Waals surface area contributed by atoms with Gasteiger partial charge in [0.25, 0.3) is 0 Å². The largest absolute Gasteiger partial charge is 0.459 e. The summed E-state index contributed by atoms with van der Waals surface area (Å²) in [4.78, 5) is 11.6. The van der Waals surface area contributed by atoms with Gasteiger partial charge in [0.1, 0.15) is 11.3 Å². The summed E-state index contributed by atoms with van der Waals surface area (Å²) >= 11 is 0.